The lowest BCUT2D eigenvalue weighted by Crippen LogP contribution is -3.07. The summed E-state index contributed by atoms with van der Waals surface area (Å²) in [5.41, 5.74) is 2.97. The molecule has 5 heterocycles. The number of rotatable bonds is 6. The Bertz CT molecular complexity index is 1500. The van der Waals surface area contributed by atoms with Crippen LogP contribution in [-0.4, -0.2) is 66.2 Å². The number of carbonyl (C=O) groups is 3. The van der Waals surface area contributed by atoms with Crippen LogP contribution in [0.4, 0.5) is 21.9 Å². The van der Waals surface area contributed by atoms with E-state index in [0.717, 1.165) is 53.8 Å². The van der Waals surface area contributed by atoms with Crippen molar-refractivity contribution >= 4 is 56.5 Å². The van der Waals surface area contributed by atoms with Crippen LogP contribution in [0.25, 0.3) is 10.2 Å². The first-order chi connectivity index (χ1) is 19.4. The number of piperidine rings is 1. The normalized spacial score (nSPS) is 21.1. The maximum atomic E-state index is 13.6. The molecule has 1 aromatic carbocycles. The Balaban J connectivity index is 1.27. The zero-order valence-corrected chi connectivity index (χ0v) is 23.1. The topological polar surface area (TPSA) is 114 Å². The van der Waals surface area contributed by atoms with Gasteiger partial charge in [0.15, 0.2) is 5.69 Å². The number of aromatic nitrogens is 1. The Labute approximate surface area is 235 Å². The van der Waals surface area contributed by atoms with Crippen molar-refractivity contribution in [2.24, 2.45) is 0 Å². The van der Waals surface area contributed by atoms with E-state index in [9.17, 15) is 14.4 Å². The lowest BCUT2D eigenvalue weighted by molar-refractivity contribution is -0.660. The lowest BCUT2D eigenvalue weighted by atomic mass is 10.1. The number of quaternary nitrogens is 1. The molecular formula is C29H32N5O5S+. The Morgan fingerprint density at radius 3 is 2.85 bits per heavy atom. The fourth-order valence-electron chi connectivity index (χ4n) is 5.73. The highest BCUT2D eigenvalue weighted by Crippen LogP contribution is 2.40. The summed E-state index contributed by atoms with van der Waals surface area (Å²) in [6.45, 7) is 8.02. The van der Waals surface area contributed by atoms with Gasteiger partial charge in [-0.15, -0.1) is 11.3 Å². The van der Waals surface area contributed by atoms with E-state index in [4.69, 9.17) is 9.47 Å². The number of nitrogens with zero attached hydrogens (tertiary/aromatic N) is 2. The highest BCUT2D eigenvalue weighted by Gasteiger charge is 2.38. The number of hydrogen-bond acceptors (Lipinski definition) is 7. The van der Waals surface area contributed by atoms with E-state index in [1.807, 2.05) is 31.2 Å². The molecule has 40 heavy (non-hydrogen) atoms. The van der Waals surface area contributed by atoms with Gasteiger partial charge in [0.25, 0.3) is 5.91 Å². The van der Waals surface area contributed by atoms with Gasteiger partial charge in [-0.05, 0) is 38.0 Å². The zero-order valence-electron chi connectivity index (χ0n) is 22.3. The monoisotopic (exact) mass is 562 g/mol. The second-order valence-corrected chi connectivity index (χ2v) is 11.4. The fourth-order valence-corrected chi connectivity index (χ4v) is 6.76. The Hall–Kier alpha value is -3.80. The summed E-state index contributed by atoms with van der Waals surface area (Å²) in [4.78, 5) is 46.9. The average molecular weight is 563 g/mol. The van der Waals surface area contributed by atoms with E-state index in [0.29, 0.717) is 46.6 Å². The number of amides is 4. The second kappa shape index (κ2) is 11.0. The molecule has 2 atom stereocenters. The minimum atomic E-state index is -0.281. The first-order valence-electron chi connectivity index (χ1n) is 13.6. The number of thiophene rings is 1. The third kappa shape index (κ3) is 4.96. The molecule has 11 heteroatoms. The Morgan fingerprint density at radius 2 is 2.08 bits per heavy atom. The van der Waals surface area contributed by atoms with Gasteiger partial charge in [-0.1, -0.05) is 6.58 Å². The third-order valence-corrected chi connectivity index (χ3v) is 8.81. The van der Waals surface area contributed by atoms with Crippen LogP contribution in [0.15, 0.2) is 43.1 Å². The number of aryl methyl sites for hydroxylation is 1. The summed E-state index contributed by atoms with van der Waals surface area (Å²) in [6, 6.07) is 7.18. The van der Waals surface area contributed by atoms with Crippen LogP contribution >= 0.6 is 11.3 Å². The van der Waals surface area contributed by atoms with Gasteiger partial charge in [-0.2, -0.15) is 4.90 Å². The van der Waals surface area contributed by atoms with Crippen LogP contribution in [0.3, 0.4) is 0 Å². The van der Waals surface area contributed by atoms with Crippen LogP contribution in [0.1, 0.15) is 40.9 Å². The molecule has 0 aliphatic carbocycles. The molecule has 3 aliphatic rings. The van der Waals surface area contributed by atoms with E-state index in [1.165, 1.54) is 17.4 Å². The predicted octanol–water partition coefficient (Wildman–Crippen LogP) is 3.46. The van der Waals surface area contributed by atoms with E-state index in [1.54, 1.807) is 11.1 Å². The SMILES string of the molecule is C=CC(=O)N1CCCC(NC(=O)c2sc3nccc4c3c2NC(=O)[NH+]4c2ccc(OC3CCOCC3)cc2C)C1. The molecular weight excluding hydrogens is 530 g/mol. The summed E-state index contributed by atoms with van der Waals surface area (Å²) in [7, 11) is 0. The highest BCUT2D eigenvalue weighted by molar-refractivity contribution is 7.21. The smallest absolute Gasteiger partial charge is 0.429 e. The summed E-state index contributed by atoms with van der Waals surface area (Å²) in [5, 5.41) is 6.82. The zero-order chi connectivity index (χ0) is 27.8. The van der Waals surface area contributed by atoms with Crippen molar-refractivity contribution < 1.29 is 28.8 Å². The number of nitrogens with one attached hydrogen (secondary N) is 3. The molecule has 2 saturated heterocycles. The number of ether oxygens (including phenoxy) is 2. The highest BCUT2D eigenvalue weighted by atomic mass is 32.1. The molecule has 3 aromatic rings. The van der Waals surface area contributed by atoms with Crippen molar-refractivity contribution in [1.29, 1.82) is 0 Å². The number of pyridine rings is 1. The Kier molecular flexibility index (Phi) is 7.26. The molecule has 0 bridgehead atoms. The van der Waals surface area contributed by atoms with Crippen molar-refractivity contribution in [2.45, 2.75) is 44.8 Å². The van der Waals surface area contributed by atoms with Gasteiger partial charge in [0.1, 0.15) is 27.2 Å². The maximum Gasteiger partial charge on any atom is 0.429 e. The van der Waals surface area contributed by atoms with E-state index in [2.05, 4.69) is 22.2 Å². The predicted molar refractivity (Wildman–Crippen MR) is 152 cm³/mol. The van der Waals surface area contributed by atoms with Crippen molar-refractivity contribution in [2.75, 3.05) is 31.6 Å². The van der Waals surface area contributed by atoms with Crippen molar-refractivity contribution in [3.05, 3.63) is 53.6 Å². The molecule has 3 aliphatic heterocycles. The van der Waals surface area contributed by atoms with Crippen molar-refractivity contribution in [3.8, 4) is 5.75 Å². The van der Waals surface area contributed by atoms with Crippen LogP contribution < -0.4 is 20.3 Å². The Morgan fingerprint density at radius 1 is 1.25 bits per heavy atom. The minimum absolute atomic E-state index is 0.126. The number of anilines is 1. The molecule has 0 spiro atoms. The number of likely N-dealkylation sites (tertiary alicyclic amines) is 1. The standard InChI is InChI=1S/C29H31N5O5S/c1-3-23(35)33-12-4-5-18(16-33)31-27(36)26-25-24-22(8-11-30-28(24)40-26)34(29(37)32-25)21-7-6-20(15-17(21)2)39-19-9-13-38-14-10-19/h3,6-8,11,15,18-19H,1,4-5,9-10,12-14,16H2,2H3,(H,31,36)(H,32,37)/p+1. The summed E-state index contributed by atoms with van der Waals surface area (Å²) >= 11 is 1.26. The van der Waals surface area contributed by atoms with E-state index < -0.39 is 0 Å². The molecule has 6 rings (SSSR count). The molecule has 2 unspecified atom stereocenters. The van der Waals surface area contributed by atoms with Crippen molar-refractivity contribution in [1.82, 2.24) is 15.2 Å². The van der Waals surface area contributed by atoms with Crippen molar-refractivity contribution in [3.63, 3.8) is 0 Å². The molecule has 4 amide bonds. The molecule has 2 aromatic heterocycles. The van der Waals surface area contributed by atoms with E-state index >= 15 is 0 Å². The summed E-state index contributed by atoms with van der Waals surface area (Å²) in [5.74, 6) is 0.353. The lowest BCUT2D eigenvalue weighted by Gasteiger charge is -2.32. The summed E-state index contributed by atoms with van der Waals surface area (Å²) in [6.07, 6.45) is 6.39. The molecule has 2 fully saturated rings. The largest absolute Gasteiger partial charge is 0.490 e. The van der Waals surface area contributed by atoms with Gasteiger partial charge in [-0.3, -0.25) is 14.9 Å². The number of urea groups is 1. The van der Waals surface area contributed by atoms with Gasteiger partial charge >= 0.3 is 6.03 Å². The summed E-state index contributed by atoms with van der Waals surface area (Å²) < 4.78 is 11.6. The fraction of sp³-hybridized carbons (Fsp3) is 0.379. The molecule has 10 nitrogen and oxygen atoms in total. The van der Waals surface area contributed by atoms with Gasteiger partial charge in [0.2, 0.25) is 5.91 Å². The minimum Gasteiger partial charge on any atom is -0.490 e. The van der Waals surface area contributed by atoms with Crippen LogP contribution in [0.5, 0.6) is 5.75 Å². The van der Waals surface area contributed by atoms with Gasteiger partial charge < -0.3 is 19.7 Å². The van der Waals surface area contributed by atoms with Crippen LogP contribution in [0, 0.1) is 6.92 Å². The molecule has 0 radical (unpaired) electrons. The van der Waals surface area contributed by atoms with E-state index in [-0.39, 0.29) is 30.0 Å². The first-order valence-corrected chi connectivity index (χ1v) is 14.4. The molecule has 0 saturated carbocycles. The molecule has 3 N–H and O–H groups in total. The maximum absolute atomic E-state index is 13.6. The second-order valence-electron chi connectivity index (χ2n) is 10.4. The van der Waals surface area contributed by atoms with Gasteiger partial charge in [-0.25, -0.2) is 9.78 Å². The van der Waals surface area contributed by atoms with Gasteiger partial charge in [0.05, 0.1) is 24.3 Å². The van der Waals surface area contributed by atoms with Crippen LogP contribution in [-0.2, 0) is 9.53 Å². The molecule has 208 valence electrons. The number of hydrogen-bond donors (Lipinski definition) is 3. The van der Waals surface area contributed by atoms with Crippen LogP contribution in [0.2, 0.25) is 0 Å². The number of benzene rings is 1. The quantitative estimate of drug-likeness (QED) is 0.397. The van der Waals surface area contributed by atoms with Gasteiger partial charge in [0, 0.05) is 55.9 Å². The number of carbonyl (C=O) groups excluding carboxylic acids is 3. The third-order valence-electron chi connectivity index (χ3n) is 7.71. The average Bonchev–Trinajstić information content (AvgIpc) is 3.33. The first kappa shape index (κ1) is 26.4.